The molecular formula is C26H44N6O. The summed E-state index contributed by atoms with van der Waals surface area (Å²) in [4.78, 5) is 15.0. The van der Waals surface area contributed by atoms with E-state index in [2.05, 4.69) is 57.0 Å². The van der Waals surface area contributed by atoms with Crippen LogP contribution >= 0.6 is 0 Å². The standard InChI is InChI=1S/C24H38N6O.C2H6/c1-14(2)30-23-18(22(25)26-13-27-23)19(28-30)20-17(21(31-29-20)24(4,5)6)16-11-7-9-15(3)10-8-12-16;1-2/h13-16,20,29H,7-12H2,1-6H3,(H2,25,26,27);1-2H3. The Morgan fingerprint density at radius 1 is 1.09 bits per heavy atom. The third-order valence-corrected chi connectivity index (χ3v) is 6.78. The quantitative estimate of drug-likeness (QED) is 0.548. The van der Waals surface area contributed by atoms with Gasteiger partial charge in [-0.05, 0) is 38.5 Å². The number of rotatable bonds is 3. The molecule has 0 aromatic carbocycles. The molecule has 0 amide bonds. The van der Waals surface area contributed by atoms with Crippen LogP contribution in [0.1, 0.15) is 112 Å². The second-order valence-corrected chi connectivity index (χ2v) is 10.7. The predicted molar refractivity (Wildman–Crippen MR) is 135 cm³/mol. The first-order chi connectivity index (χ1) is 15.7. The molecule has 7 nitrogen and oxygen atoms in total. The van der Waals surface area contributed by atoms with Gasteiger partial charge in [0.05, 0.1) is 5.39 Å². The van der Waals surface area contributed by atoms with Crippen molar-refractivity contribution in [2.75, 3.05) is 5.73 Å². The minimum Gasteiger partial charge on any atom is -0.412 e. The molecule has 0 radical (unpaired) electrons. The number of hydroxylamine groups is 1. The van der Waals surface area contributed by atoms with Gasteiger partial charge in [-0.25, -0.2) is 14.6 Å². The number of hydrogen-bond donors (Lipinski definition) is 2. The zero-order valence-electron chi connectivity index (χ0n) is 21.9. The number of nitrogens with zero attached hydrogens (tertiary/aromatic N) is 4. The summed E-state index contributed by atoms with van der Waals surface area (Å²) in [5.41, 5.74) is 12.6. The third kappa shape index (κ3) is 5.18. The predicted octanol–water partition coefficient (Wildman–Crippen LogP) is 6.50. The molecule has 0 bridgehead atoms. The first kappa shape index (κ1) is 25.5. The molecule has 4 rings (SSSR count). The minimum atomic E-state index is -0.133. The summed E-state index contributed by atoms with van der Waals surface area (Å²) in [5.74, 6) is 2.84. The van der Waals surface area contributed by atoms with Gasteiger partial charge < -0.3 is 10.6 Å². The van der Waals surface area contributed by atoms with Crippen molar-refractivity contribution < 1.29 is 4.84 Å². The summed E-state index contributed by atoms with van der Waals surface area (Å²) in [7, 11) is 0. The third-order valence-electron chi connectivity index (χ3n) is 6.78. The van der Waals surface area contributed by atoms with Gasteiger partial charge in [0, 0.05) is 17.0 Å². The molecule has 33 heavy (non-hydrogen) atoms. The second kappa shape index (κ2) is 10.4. The van der Waals surface area contributed by atoms with E-state index in [1.807, 2.05) is 18.5 Å². The Balaban J connectivity index is 0.00000149. The van der Waals surface area contributed by atoms with Crippen molar-refractivity contribution in [3.8, 4) is 0 Å². The lowest BCUT2D eigenvalue weighted by atomic mass is 9.76. The minimum absolute atomic E-state index is 0.0921. The van der Waals surface area contributed by atoms with E-state index in [-0.39, 0.29) is 17.5 Å². The van der Waals surface area contributed by atoms with E-state index in [1.54, 1.807) is 0 Å². The molecule has 2 aliphatic rings. The number of anilines is 1. The summed E-state index contributed by atoms with van der Waals surface area (Å²) in [5, 5.41) is 5.84. The van der Waals surface area contributed by atoms with Crippen molar-refractivity contribution in [2.24, 2.45) is 17.3 Å². The molecule has 3 heterocycles. The van der Waals surface area contributed by atoms with Crippen molar-refractivity contribution in [2.45, 2.75) is 106 Å². The molecular weight excluding hydrogens is 412 g/mol. The van der Waals surface area contributed by atoms with Crippen molar-refractivity contribution >= 4 is 16.9 Å². The van der Waals surface area contributed by atoms with Crippen LogP contribution < -0.4 is 11.2 Å². The van der Waals surface area contributed by atoms with Crippen LogP contribution in [0.15, 0.2) is 17.7 Å². The highest BCUT2D eigenvalue weighted by atomic mass is 16.7. The fourth-order valence-corrected chi connectivity index (χ4v) is 5.19. The largest absolute Gasteiger partial charge is 0.412 e. The number of hydrogen-bond acceptors (Lipinski definition) is 6. The van der Waals surface area contributed by atoms with Crippen LogP contribution in [-0.4, -0.2) is 19.7 Å². The molecule has 184 valence electrons. The van der Waals surface area contributed by atoms with Gasteiger partial charge >= 0.3 is 0 Å². The van der Waals surface area contributed by atoms with Gasteiger partial charge in [-0.15, -0.1) is 5.48 Å². The van der Waals surface area contributed by atoms with Gasteiger partial charge in [0.25, 0.3) is 0 Å². The molecule has 1 saturated carbocycles. The van der Waals surface area contributed by atoms with Crippen LogP contribution in [0.3, 0.4) is 0 Å². The van der Waals surface area contributed by atoms with Crippen LogP contribution in [0.25, 0.3) is 11.0 Å². The zero-order valence-corrected chi connectivity index (χ0v) is 21.9. The first-order valence-electron chi connectivity index (χ1n) is 12.8. The summed E-state index contributed by atoms with van der Waals surface area (Å²) in [6, 6.07) is 0.0390. The molecule has 1 aliphatic heterocycles. The van der Waals surface area contributed by atoms with E-state index in [0.29, 0.717) is 11.7 Å². The Bertz CT molecular complexity index is 961. The van der Waals surface area contributed by atoms with Crippen LogP contribution in [0, 0.1) is 17.3 Å². The number of nitrogens with two attached hydrogens (primary N) is 1. The Morgan fingerprint density at radius 3 is 2.30 bits per heavy atom. The van der Waals surface area contributed by atoms with Crippen molar-refractivity contribution in [3.05, 3.63) is 23.4 Å². The van der Waals surface area contributed by atoms with Crippen molar-refractivity contribution in [1.82, 2.24) is 25.2 Å². The molecule has 1 fully saturated rings. The van der Waals surface area contributed by atoms with Gasteiger partial charge in [-0.1, -0.05) is 67.2 Å². The van der Waals surface area contributed by atoms with Crippen molar-refractivity contribution in [1.29, 1.82) is 0 Å². The van der Waals surface area contributed by atoms with E-state index < -0.39 is 0 Å². The highest BCUT2D eigenvalue weighted by Crippen LogP contribution is 2.47. The lowest BCUT2D eigenvalue weighted by Gasteiger charge is -2.28. The highest BCUT2D eigenvalue weighted by molar-refractivity contribution is 5.89. The number of nitrogen functional groups attached to an aromatic ring is 1. The van der Waals surface area contributed by atoms with E-state index in [0.717, 1.165) is 28.4 Å². The molecule has 0 saturated heterocycles. The molecule has 2 aromatic rings. The Hall–Kier alpha value is -2.15. The van der Waals surface area contributed by atoms with Gasteiger partial charge in [0.15, 0.2) is 5.65 Å². The average molecular weight is 457 g/mol. The average Bonchev–Trinajstić information content (AvgIpc) is 3.34. The lowest BCUT2D eigenvalue weighted by Crippen LogP contribution is -2.21. The Kier molecular flexibility index (Phi) is 8.04. The fraction of sp³-hybridized carbons (Fsp3) is 0.731. The van der Waals surface area contributed by atoms with E-state index in [1.165, 1.54) is 50.4 Å². The van der Waals surface area contributed by atoms with Crippen LogP contribution in [0.4, 0.5) is 5.82 Å². The number of aromatic nitrogens is 4. The number of allylic oxidation sites excluding steroid dienone is 1. The van der Waals surface area contributed by atoms with Gasteiger partial charge in [-0.3, -0.25) is 0 Å². The second-order valence-electron chi connectivity index (χ2n) is 10.7. The molecule has 2 aromatic heterocycles. The summed E-state index contributed by atoms with van der Waals surface area (Å²) in [6.07, 6.45) is 9.02. The molecule has 0 spiro atoms. The molecule has 1 unspecified atom stereocenters. The smallest absolute Gasteiger partial charge is 0.163 e. The summed E-state index contributed by atoms with van der Waals surface area (Å²) in [6.45, 7) is 17.3. The van der Waals surface area contributed by atoms with E-state index in [9.17, 15) is 0 Å². The van der Waals surface area contributed by atoms with E-state index >= 15 is 0 Å². The molecule has 1 atom stereocenters. The maximum atomic E-state index is 6.35. The fourth-order valence-electron chi connectivity index (χ4n) is 5.19. The van der Waals surface area contributed by atoms with Crippen molar-refractivity contribution in [3.63, 3.8) is 0 Å². The zero-order chi connectivity index (χ0) is 24.3. The maximum Gasteiger partial charge on any atom is 0.163 e. The van der Waals surface area contributed by atoms with Crippen LogP contribution in [-0.2, 0) is 4.84 Å². The lowest BCUT2D eigenvalue weighted by molar-refractivity contribution is 0.0788. The molecule has 7 heteroatoms. The molecule has 1 aliphatic carbocycles. The summed E-state index contributed by atoms with van der Waals surface area (Å²) >= 11 is 0. The topological polar surface area (TPSA) is 90.9 Å². The highest BCUT2D eigenvalue weighted by Gasteiger charge is 2.41. The van der Waals surface area contributed by atoms with E-state index in [4.69, 9.17) is 15.7 Å². The van der Waals surface area contributed by atoms with Crippen LogP contribution in [0.5, 0.6) is 0 Å². The first-order valence-corrected chi connectivity index (χ1v) is 12.8. The van der Waals surface area contributed by atoms with Gasteiger partial charge in [0.1, 0.15) is 29.6 Å². The summed E-state index contributed by atoms with van der Waals surface area (Å²) < 4.78 is 1.96. The van der Waals surface area contributed by atoms with Crippen LogP contribution in [0.2, 0.25) is 0 Å². The van der Waals surface area contributed by atoms with Gasteiger partial charge in [0.2, 0.25) is 0 Å². The molecule has 3 N–H and O–H groups in total. The van der Waals surface area contributed by atoms with Gasteiger partial charge in [-0.2, -0.15) is 5.10 Å². The monoisotopic (exact) mass is 456 g/mol. The number of fused-ring (bicyclic) bond motifs is 1. The Labute approximate surface area is 199 Å². The normalized spacial score (nSPS) is 24.3. The Morgan fingerprint density at radius 2 is 1.73 bits per heavy atom. The number of nitrogens with one attached hydrogen (secondary N) is 1. The maximum absolute atomic E-state index is 6.35. The SMILES string of the molecule is CC.CC1CCCC(C2=C(C(C)(C)C)ONC2c2nn(C(C)C)c3ncnc(N)c23)CCC1.